The van der Waals surface area contributed by atoms with Gasteiger partial charge < -0.3 is 10.2 Å². The van der Waals surface area contributed by atoms with E-state index in [4.69, 9.17) is 0 Å². The van der Waals surface area contributed by atoms with Gasteiger partial charge in [-0.2, -0.15) is 0 Å². The number of hydrogen-bond acceptors (Lipinski definition) is 2. The summed E-state index contributed by atoms with van der Waals surface area (Å²) in [6.07, 6.45) is 6.83. The summed E-state index contributed by atoms with van der Waals surface area (Å²) in [7, 11) is 0. The number of nitrogens with zero attached hydrogens (tertiary/aromatic N) is 1. The van der Waals surface area contributed by atoms with Crippen molar-refractivity contribution >= 4 is 5.69 Å². The van der Waals surface area contributed by atoms with E-state index in [1.54, 1.807) is 0 Å². The van der Waals surface area contributed by atoms with E-state index in [1.165, 1.54) is 56.4 Å². The van der Waals surface area contributed by atoms with E-state index in [2.05, 4.69) is 48.3 Å². The van der Waals surface area contributed by atoms with Crippen molar-refractivity contribution in [3.8, 4) is 0 Å². The molecule has 1 aromatic rings. The lowest BCUT2D eigenvalue weighted by atomic mass is 9.85. The largest absolute Gasteiger partial charge is 0.368 e. The Kier molecular flexibility index (Phi) is 4.02. The third kappa shape index (κ3) is 2.58. The molecule has 1 aliphatic carbocycles. The van der Waals surface area contributed by atoms with Crippen LogP contribution in [0.5, 0.6) is 0 Å². The van der Waals surface area contributed by atoms with Crippen LogP contribution in [0, 0.1) is 5.41 Å². The molecular formula is C18H28N2. The van der Waals surface area contributed by atoms with Gasteiger partial charge in [-0.1, -0.05) is 38.0 Å². The Morgan fingerprint density at radius 1 is 1.25 bits per heavy atom. The summed E-state index contributed by atoms with van der Waals surface area (Å²) < 4.78 is 0. The molecule has 2 heteroatoms. The van der Waals surface area contributed by atoms with Crippen molar-refractivity contribution in [2.24, 2.45) is 5.41 Å². The van der Waals surface area contributed by atoms with E-state index in [0.717, 1.165) is 6.54 Å². The normalized spacial score (nSPS) is 24.1. The molecule has 0 bridgehead atoms. The second-order valence-electron chi connectivity index (χ2n) is 6.80. The fourth-order valence-electron chi connectivity index (χ4n) is 4.14. The molecule has 0 spiro atoms. The lowest BCUT2D eigenvalue weighted by Gasteiger charge is -2.37. The van der Waals surface area contributed by atoms with Crippen LogP contribution in [0.2, 0.25) is 0 Å². The van der Waals surface area contributed by atoms with E-state index in [9.17, 15) is 0 Å². The monoisotopic (exact) mass is 272 g/mol. The molecule has 0 saturated heterocycles. The molecule has 0 radical (unpaired) electrons. The molecule has 1 saturated carbocycles. The number of hydrogen-bond donors (Lipinski definition) is 1. The first-order valence-electron chi connectivity index (χ1n) is 8.29. The summed E-state index contributed by atoms with van der Waals surface area (Å²) in [6.45, 7) is 8.12. The number of para-hydroxylation sites is 1. The first kappa shape index (κ1) is 13.9. The smallest absolute Gasteiger partial charge is 0.0402 e. The fraction of sp³-hybridized carbons (Fsp3) is 0.667. The standard InChI is InChI=1S/C18H28N2/c1-3-19-13-18(10-6-7-11-18)14-20-15(2)12-16-8-4-5-9-17(16)20/h4-5,8-9,15,19H,3,6-7,10-14H2,1-2H3. The van der Waals surface area contributed by atoms with E-state index in [1.807, 2.05) is 0 Å². The number of nitrogens with one attached hydrogen (secondary N) is 1. The molecule has 1 heterocycles. The lowest BCUT2D eigenvalue weighted by Crippen LogP contribution is -2.44. The molecule has 1 fully saturated rings. The summed E-state index contributed by atoms with van der Waals surface area (Å²) in [5.74, 6) is 0. The molecule has 1 aromatic carbocycles. The van der Waals surface area contributed by atoms with E-state index in [-0.39, 0.29) is 0 Å². The van der Waals surface area contributed by atoms with Gasteiger partial charge in [-0.15, -0.1) is 0 Å². The quantitative estimate of drug-likeness (QED) is 0.881. The Morgan fingerprint density at radius 3 is 2.75 bits per heavy atom. The second kappa shape index (κ2) is 5.77. The Morgan fingerprint density at radius 2 is 2.00 bits per heavy atom. The molecule has 0 aromatic heterocycles. The topological polar surface area (TPSA) is 15.3 Å². The van der Waals surface area contributed by atoms with Gasteiger partial charge in [-0.05, 0) is 44.4 Å². The zero-order valence-corrected chi connectivity index (χ0v) is 13.0. The molecule has 2 nitrogen and oxygen atoms in total. The van der Waals surface area contributed by atoms with Crippen LogP contribution >= 0.6 is 0 Å². The minimum Gasteiger partial charge on any atom is -0.368 e. The maximum Gasteiger partial charge on any atom is 0.0402 e. The zero-order valence-electron chi connectivity index (χ0n) is 13.0. The maximum absolute atomic E-state index is 3.62. The fourth-order valence-corrected chi connectivity index (χ4v) is 4.14. The summed E-state index contributed by atoms with van der Waals surface area (Å²) in [6, 6.07) is 9.65. The van der Waals surface area contributed by atoms with Gasteiger partial charge >= 0.3 is 0 Å². The van der Waals surface area contributed by atoms with Gasteiger partial charge in [-0.3, -0.25) is 0 Å². The predicted octanol–water partition coefficient (Wildman–Crippen LogP) is 3.61. The maximum atomic E-state index is 3.62. The van der Waals surface area contributed by atoms with Crippen LogP contribution in [0.25, 0.3) is 0 Å². The Hall–Kier alpha value is -1.02. The first-order chi connectivity index (χ1) is 9.74. The molecule has 1 unspecified atom stereocenters. The molecule has 1 aliphatic heterocycles. The minimum atomic E-state index is 0.502. The summed E-state index contributed by atoms with van der Waals surface area (Å²) in [5, 5.41) is 3.62. The SMILES string of the molecule is CCNCC1(CN2c3ccccc3CC2C)CCCC1. The van der Waals surface area contributed by atoms with Gasteiger partial charge in [0.15, 0.2) is 0 Å². The molecule has 110 valence electrons. The number of rotatable bonds is 5. The molecule has 2 aliphatic rings. The predicted molar refractivity (Wildman–Crippen MR) is 86.4 cm³/mol. The van der Waals surface area contributed by atoms with E-state index in [0.29, 0.717) is 11.5 Å². The summed E-state index contributed by atoms with van der Waals surface area (Å²) in [5.41, 5.74) is 3.53. The average molecular weight is 272 g/mol. The minimum absolute atomic E-state index is 0.502. The van der Waals surface area contributed by atoms with Crippen molar-refractivity contribution in [1.82, 2.24) is 5.32 Å². The van der Waals surface area contributed by atoms with Gasteiger partial charge in [0.1, 0.15) is 0 Å². The van der Waals surface area contributed by atoms with Crippen molar-refractivity contribution in [2.45, 2.75) is 52.0 Å². The van der Waals surface area contributed by atoms with Crippen LogP contribution in [-0.4, -0.2) is 25.7 Å². The van der Waals surface area contributed by atoms with Crippen molar-refractivity contribution < 1.29 is 0 Å². The first-order valence-corrected chi connectivity index (χ1v) is 8.29. The third-order valence-corrected chi connectivity index (χ3v) is 5.27. The van der Waals surface area contributed by atoms with Gasteiger partial charge in [0, 0.05) is 30.2 Å². The molecule has 20 heavy (non-hydrogen) atoms. The van der Waals surface area contributed by atoms with Crippen LogP contribution < -0.4 is 10.2 Å². The molecule has 0 amide bonds. The zero-order chi connectivity index (χ0) is 14.0. The molecule has 3 rings (SSSR count). The highest BCUT2D eigenvalue weighted by Crippen LogP contribution is 2.42. The van der Waals surface area contributed by atoms with Crippen molar-refractivity contribution in [2.75, 3.05) is 24.5 Å². The van der Waals surface area contributed by atoms with Gasteiger partial charge in [0.05, 0.1) is 0 Å². The van der Waals surface area contributed by atoms with Gasteiger partial charge in [-0.25, -0.2) is 0 Å². The van der Waals surface area contributed by atoms with Gasteiger partial charge in [0.2, 0.25) is 0 Å². The van der Waals surface area contributed by atoms with Crippen molar-refractivity contribution in [3.63, 3.8) is 0 Å². The Bertz CT molecular complexity index is 448. The van der Waals surface area contributed by atoms with Crippen LogP contribution in [-0.2, 0) is 6.42 Å². The number of fused-ring (bicyclic) bond motifs is 1. The third-order valence-electron chi connectivity index (χ3n) is 5.27. The van der Waals surface area contributed by atoms with E-state index >= 15 is 0 Å². The van der Waals surface area contributed by atoms with Crippen molar-refractivity contribution in [3.05, 3.63) is 29.8 Å². The highest BCUT2D eigenvalue weighted by atomic mass is 15.2. The number of benzene rings is 1. The number of anilines is 1. The highest BCUT2D eigenvalue weighted by Gasteiger charge is 2.38. The highest BCUT2D eigenvalue weighted by molar-refractivity contribution is 5.59. The van der Waals surface area contributed by atoms with Crippen LogP contribution in [0.15, 0.2) is 24.3 Å². The second-order valence-corrected chi connectivity index (χ2v) is 6.80. The molecule has 1 N–H and O–H groups in total. The van der Waals surface area contributed by atoms with Crippen LogP contribution in [0.4, 0.5) is 5.69 Å². The molecular weight excluding hydrogens is 244 g/mol. The van der Waals surface area contributed by atoms with Crippen molar-refractivity contribution in [1.29, 1.82) is 0 Å². The molecule has 1 atom stereocenters. The van der Waals surface area contributed by atoms with E-state index < -0.39 is 0 Å². The summed E-state index contributed by atoms with van der Waals surface area (Å²) in [4.78, 5) is 2.68. The van der Waals surface area contributed by atoms with Crippen LogP contribution in [0.1, 0.15) is 45.1 Å². The Labute approximate surface area is 123 Å². The summed E-state index contributed by atoms with van der Waals surface area (Å²) >= 11 is 0. The average Bonchev–Trinajstić information content (AvgIpc) is 3.04. The Balaban J connectivity index is 1.78. The van der Waals surface area contributed by atoms with Crippen LogP contribution in [0.3, 0.4) is 0 Å². The lowest BCUT2D eigenvalue weighted by molar-refractivity contribution is 0.281. The van der Waals surface area contributed by atoms with Gasteiger partial charge in [0.25, 0.3) is 0 Å².